The molecule has 0 radical (unpaired) electrons. The maximum Gasteiger partial charge on any atom is 0.100 e. The van der Waals surface area contributed by atoms with Crippen LogP contribution in [0.2, 0.25) is 5.02 Å². The summed E-state index contributed by atoms with van der Waals surface area (Å²) in [5.74, 6) is 1.71. The van der Waals surface area contributed by atoms with Gasteiger partial charge < -0.3 is 0 Å². The molecule has 0 spiro atoms. The molecule has 0 N–H and O–H groups in total. The van der Waals surface area contributed by atoms with E-state index in [9.17, 15) is 0 Å². The minimum absolute atomic E-state index is 0.755. The highest BCUT2D eigenvalue weighted by molar-refractivity contribution is 6.30. The van der Waals surface area contributed by atoms with Crippen molar-refractivity contribution in [1.29, 1.82) is 0 Å². The number of rotatable bonds is 7. The van der Waals surface area contributed by atoms with Crippen molar-refractivity contribution in [2.45, 2.75) is 78.2 Å². The molecule has 2 aliphatic rings. The summed E-state index contributed by atoms with van der Waals surface area (Å²) in [6.45, 7) is 5.64. The van der Waals surface area contributed by atoms with Crippen molar-refractivity contribution in [2.24, 2.45) is 11.8 Å². The van der Waals surface area contributed by atoms with Gasteiger partial charge in [-0.25, -0.2) is 0 Å². The van der Waals surface area contributed by atoms with E-state index in [0.29, 0.717) is 0 Å². The van der Waals surface area contributed by atoms with E-state index in [2.05, 4.69) is 48.9 Å². The molecule has 1 fully saturated rings. The first-order valence-electron chi connectivity index (χ1n) is 11.9. The highest BCUT2D eigenvalue weighted by atomic mass is 35.5. The number of hydrogen-bond acceptors (Lipinski definition) is 1. The lowest BCUT2D eigenvalue weighted by Crippen LogP contribution is -2.20. The first kappa shape index (κ1) is 21.4. The molecule has 0 amide bonds. The second-order valence-electron chi connectivity index (χ2n) is 9.03. The molecule has 0 bridgehead atoms. The maximum atomic E-state index is 6.17. The molecule has 2 aromatic rings. The minimum Gasteiger partial charge on any atom is -0.268 e. The lowest BCUT2D eigenvalue weighted by molar-refractivity contribution is 0.235. The van der Waals surface area contributed by atoms with Gasteiger partial charge in [0, 0.05) is 28.4 Å². The summed E-state index contributed by atoms with van der Waals surface area (Å²) >= 11 is 6.17. The van der Waals surface area contributed by atoms with Gasteiger partial charge in [-0.3, -0.25) is 4.68 Å². The molecular formula is C27H35ClN2. The second kappa shape index (κ2) is 10.0. The molecule has 1 saturated carbocycles. The SMILES string of the molecule is CCCC1CCC(Cn2nc(-c3ccc(Cl)cc3)c(C3=CCCC=C3)c2CC)CC1. The molecule has 0 atom stereocenters. The number of aromatic nitrogens is 2. The van der Waals surface area contributed by atoms with E-state index < -0.39 is 0 Å². The molecule has 2 aliphatic carbocycles. The van der Waals surface area contributed by atoms with Crippen LogP contribution in [-0.4, -0.2) is 9.78 Å². The van der Waals surface area contributed by atoms with Gasteiger partial charge in [0.25, 0.3) is 0 Å². The van der Waals surface area contributed by atoms with Crippen LogP contribution < -0.4 is 0 Å². The van der Waals surface area contributed by atoms with Crippen LogP contribution in [0.3, 0.4) is 0 Å². The van der Waals surface area contributed by atoms with E-state index in [-0.39, 0.29) is 0 Å². The van der Waals surface area contributed by atoms with Crippen LogP contribution in [0.4, 0.5) is 0 Å². The molecule has 30 heavy (non-hydrogen) atoms. The highest BCUT2D eigenvalue weighted by Crippen LogP contribution is 2.37. The second-order valence-corrected chi connectivity index (χ2v) is 9.46. The lowest BCUT2D eigenvalue weighted by Gasteiger charge is -2.28. The van der Waals surface area contributed by atoms with Gasteiger partial charge in [0.05, 0.1) is 0 Å². The lowest BCUT2D eigenvalue weighted by atomic mass is 9.80. The number of allylic oxidation sites excluding steroid dienone is 4. The van der Waals surface area contributed by atoms with E-state index in [4.69, 9.17) is 16.7 Å². The van der Waals surface area contributed by atoms with Crippen molar-refractivity contribution >= 4 is 17.2 Å². The summed E-state index contributed by atoms with van der Waals surface area (Å²) in [7, 11) is 0. The normalized spacial score (nSPS) is 21.6. The van der Waals surface area contributed by atoms with E-state index in [0.717, 1.165) is 53.9 Å². The molecule has 1 heterocycles. The molecule has 4 rings (SSSR count). The smallest absolute Gasteiger partial charge is 0.100 e. The van der Waals surface area contributed by atoms with Gasteiger partial charge in [-0.15, -0.1) is 0 Å². The topological polar surface area (TPSA) is 17.8 Å². The molecule has 0 aliphatic heterocycles. The summed E-state index contributed by atoms with van der Waals surface area (Å²) in [5, 5.41) is 5.98. The van der Waals surface area contributed by atoms with Crippen LogP contribution >= 0.6 is 11.6 Å². The van der Waals surface area contributed by atoms with Crippen molar-refractivity contribution in [2.75, 3.05) is 0 Å². The van der Waals surface area contributed by atoms with Crippen LogP contribution in [0.5, 0.6) is 0 Å². The van der Waals surface area contributed by atoms with Gasteiger partial charge in [0.1, 0.15) is 5.69 Å². The van der Waals surface area contributed by atoms with Crippen LogP contribution in [0, 0.1) is 11.8 Å². The molecule has 3 heteroatoms. The van der Waals surface area contributed by atoms with Crippen molar-refractivity contribution < 1.29 is 0 Å². The number of halogens is 1. The molecule has 160 valence electrons. The fourth-order valence-corrected chi connectivity index (χ4v) is 5.40. The third kappa shape index (κ3) is 4.75. The zero-order valence-electron chi connectivity index (χ0n) is 18.5. The Morgan fingerprint density at radius 1 is 1.00 bits per heavy atom. The highest BCUT2D eigenvalue weighted by Gasteiger charge is 2.25. The Balaban J connectivity index is 1.66. The van der Waals surface area contributed by atoms with Gasteiger partial charge in [-0.2, -0.15) is 5.10 Å². The van der Waals surface area contributed by atoms with Gasteiger partial charge in [-0.05, 0) is 61.6 Å². The summed E-state index contributed by atoms with van der Waals surface area (Å²) in [6.07, 6.45) is 18.4. The van der Waals surface area contributed by atoms with E-state index in [1.165, 1.54) is 55.4 Å². The van der Waals surface area contributed by atoms with Gasteiger partial charge in [-0.1, -0.05) is 81.5 Å². The van der Waals surface area contributed by atoms with E-state index in [1.54, 1.807) is 0 Å². The summed E-state index contributed by atoms with van der Waals surface area (Å²) in [5.41, 5.74) is 6.32. The minimum atomic E-state index is 0.755. The third-order valence-electron chi connectivity index (χ3n) is 6.89. The zero-order valence-corrected chi connectivity index (χ0v) is 19.3. The monoisotopic (exact) mass is 422 g/mol. The van der Waals surface area contributed by atoms with Crippen molar-refractivity contribution in [3.05, 3.63) is 58.8 Å². The number of benzene rings is 1. The van der Waals surface area contributed by atoms with E-state index in [1.807, 2.05) is 12.1 Å². The predicted octanol–water partition coefficient (Wildman–Crippen LogP) is 8.11. The van der Waals surface area contributed by atoms with Crippen molar-refractivity contribution in [3.63, 3.8) is 0 Å². The predicted molar refractivity (Wildman–Crippen MR) is 129 cm³/mol. The van der Waals surface area contributed by atoms with Crippen LogP contribution in [-0.2, 0) is 13.0 Å². The quantitative estimate of drug-likeness (QED) is 0.440. The van der Waals surface area contributed by atoms with Crippen LogP contribution in [0.15, 0.2) is 42.5 Å². The Labute approximate surface area is 187 Å². The van der Waals surface area contributed by atoms with Crippen LogP contribution in [0.25, 0.3) is 16.8 Å². The molecule has 1 aromatic carbocycles. The largest absolute Gasteiger partial charge is 0.268 e. The standard InChI is InChI=1S/C27H35ClN2/c1-3-8-20-11-13-21(14-12-20)19-30-25(4-2)26(22-9-6-5-7-10-22)27(29-30)23-15-17-24(28)18-16-23/h6,9-10,15-18,20-21H,3-5,7-8,11-14,19H2,1-2H3. The molecule has 1 aromatic heterocycles. The fraction of sp³-hybridized carbons (Fsp3) is 0.519. The molecule has 0 unspecified atom stereocenters. The third-order valence-corrected chi connectivity index (χ3v) is 7.14. The average molecular weight is 423 g/mol. The van der Waals surface area contributed by atoms with Crippen LogP contribution in [0.1, 0.15) is 76.5 Å². The maximum absolute atomic E-state index is 6.17. The molecule has 2 nitrogen and oxygen atoms in total. The Morgan fingerprint density at radius 2 is 1.73 bits per heavy atom. The Bertz CT molecular complexity index is 896. The van der Waals surface area contributed by atoms with E-state index >= 15 is 0 Å². The van der Waals surface area contributed by atoms with Gasteiger partial charge >= 0.3 is 0 Å². The average Bonchev–Trinajstić information content (AvgIpc) is 3.14. The van der Waals surface area contributed by atoms with Gasteiger partial charge in [0.15, 0.2) is 0 Å². The van der Waals surface area contributed by atoms with Gasteiger partial charge in [0.2, 0.25) is 0 Å². The van der Waals surface area contributed by atoms with Crippen molar-refractivity contribution in [3.8, 4) is 11.3 Å². The van der Waals surface area contributed by atoms with Crippen molar-refractivity contribution in [1.82, 2.24) is 9.78 Å². The summed E-state index contributed by atoms with van der Waals surface area (Å²) in [6, 6.07) is 8.18. The Hall–Kier alpha value is -1.80. The fourth-order valence-electron chi connectivity index (χ4n) is 5.27. The number of nitrogens with zero attached hydrogens (tertiary/aromatic N) is 2. The zero-order chi connectivity index (χ0) is 20.9. The Morgan fingerprint density at radius 3 is 2.37 bits per heavy atom. The summed E-state index contributed by atoms with van der Waals surface area (Å²) in [4.78, 5) is 0. The number of hydrogen-bond donors (Lipinski definition) is 0. The summed E-state index contributed by atoms with van der Waals surface area (Å²) < 4.78 is 2.34. The molecule has 0 saturated heterocycles. The molecular weight excluding hydrogens is 388 g/mol. The first-order chi connectivity index (χ1) is 14.7. The Kier molecular flexibility index (Phi) is 7.15. The first-order valence-corrected chi connectivity index (χ1v) is 12.3.